The molecule has 9 heteroatoms. The Hall–Kier alpha value is -3.75. The highest BCUT2D eigenvalue weighted by Crippen LogP contribution is 2.33. The maximum absolute atomic E-state index is 11.8. The van der Waals surface area contributed by atoms with Crippen LogP contribution in [0.2, 0.25) is 0 Å². The van der Waals surface area contributed by atoms with E-state index < -0.39 is 0 Å². The average molecular weight is 496 g/mol. The number of amides is 3. The number of piperidine rings is 1. The fraction of sp³-hybridized carbons (Fsp3) is 0.444. The molecular formula is C27H37N5O4. The van der Waals surface area contributed by atoms with Crippen molar-refractivity contribution in [1.29, 1.82) is 5.41 Å². The van der Waals surface area contributed by atoms with E-state index in [0.717, 1.165) is 48.3 Å². The summed E-state index contributed by atoms with van der Waals surface area (Å²) in [5, 5.41) is 17.5. The molecule has 0 saturated carbocycles. The van der Waals surface area contributed by atoms with Crippen LogP contribution in [0.5, 0.6) is 11.5 Å². The molecule has 0 radical (unpaired) electrons. The third-order valence-corrected chi connectivity index (χ3v) is 6.43. The van der Waals surface area contributed by atoms with Crippen LogP contribution in [0.25, 0.3) is 0 Å². The van der Waals surface area contributed by atoms with Gasteiger partial charge in [-0.3, -0.25) is 10.2 Å². The number of urea groups is 1. The number of carbonyl (C=O) groups excluding carboxylic acids is 2. The number of hydrogen-bond donors (Lipinski definition) is 4. The topological polar surface area (TPSA) is 116 Å². The number of rotatable bonds is 9. The van der Waals surface area contributed by atoms with E-state index in [1.54, 1.807) is 28.2 Å². The Labute approximate surface area is 213 Å². The van der Waals surface area contributed by atoms with Crippen molar-refractivity contribution in [3.05, 3.63) is 53.1 Å². The molecule has 194 valence electrons. The number of hydrogen-bond acceptors (Lipinski definition) is 6. The lowest BCUT2D eigenvalue weighted by atomic mass is 9.93. The summed E-state index contributed by atoms with van der Waals surface area (Å²) >= 11 is 0. The maximum atomic E-state index is 11.8. The van der Waals surface area contributed by atoms with Crippen LogP contribution >= 0.6 is 0 Å². The lowest BCUT2D eigenvalue weighted by molar-refractivity contribution is -0.119. The third kappa shape index (κ3) is 6.68. The third-order valence-electron chi connectivity index (χ3n) is 6.43. The summed E-state index contributed by atoms with van der Waals surface area (Å²) in [4.78, 5) is 25.4. The second-order valence-electron chi connectivity index (χ2n) is 9.08. The van der Waals surface area contributed by atoms with Crippen LogP contribution in [0.4, 0.5) is 10.5 Å². The van der Waals surface area contributed by atoms with E-state index in [2.05, 4.69) is 20.9 Å². The largest absolute Gasteiger partial charge is 0.493 e. The van der Waals surface area contributed by atoms with Gasteiger partial charge in [-0.15, -0.1) is 0 Å². The number of nitrogens with one attached hydrogen (secondary N) is 4. The van der Waals surface area contributed by atoms with Crippen molar-refractivity contribution in [3.8, 4) is 11.5 Å². The summed E-state index contributed by atoms with van der Waals surface area (Å²) in [6, 6.07) is 11.5. The second kappa shape index (κ2) is 12.3. The van der Waals surface area contributed by atoms with Gasteiger partial charge in [0.1, 0.15) is 0 Å². The fourth-order valence-electron chi connectivity index (χ4n) is 4.56. The molecule has 2 aromatic carbocycles. The van der Waals surface area contributed by atoms with Crippen molar-refractivity contribution in [3.63, 3.8) is 0 Å². The molecule has 0 aliphatic carbocycles. The van der Waals surface area contributed by atoms with Crippen LogP contribution in [-0.4, -0.2) is 64.1 Å². The van der Waals surface area contributed by atoms with Crippen LogP contribution in [0.1, 0.15) is 43.4 Å². The zero-order valence-electron chi connectivity index (χ0n) is 21.7. The van der Waals surface area contributed by atoms with E-state index in [-0.39, 0.29) is 24.0 Å². The van der Waals surface area contributed by atoms with E-state index in [0.29, 0.717) is 23.6 Å². The molecule has 1 saturated heterocycles. The van der Waals surface area contributed by atoms with E-state index in [9.17, 15) is 9.59 Å². The summed E-state index contributed by atoms with van der Waals surface area (Å²) in [7, 11) is 4.73. The van der Waals surface area contributed by atoms with Crippen LogP contribution in [0.3, 0.4) is 0 Å². The van der Waals surface area contributed by atoms with E-state index in [1.807, 2.05) is 43.3 Å². The molecule has 1 aliphatic heterocycles. The van der Waals surface area contributed by atoms with Crippen molar-refractivity contribution < 1.29 is 19.1 Å². The lowest BCUT2D eigenvalue weighted by Gasteiger charge is -2.33. The minimum Gasteiger partial charge on any atom is -0.493 e. The quantitative estimate of drug-likeness (QED) is 0.399. The number of carbonyl (C=O) groups is 2. The molecular weight excluding hydrogens is 458 g/mol. The molecule has 1 atom stereocenters. The summed E-state index contributed by atoms with van der Waals surface area (Å²) in [5.41, 5.74) is 3.86. The molecule has 3 amide bonds. The molecule has 1 unspecified atom stereocenters. The van der Waals surface area contributed by atoms with Gasteiger partial charge in [-0.2, -0.15) is 0 Å². The first kappa shape index (κ1) is 26.8. The fourth-order valence-corrected chi connectivity index (χ4v) is 4.56. The molecule has 0 aromatic heterocycles. The number of nitrogens with zero attached hydrogens (tertiary/aromatic N) is 1. The summed E-state index contributed by atoms with van der Waals surface area (Å²) in [6.07, 6.45) is 2.34. The van der Waals surface area contributed by atoms with E-state index in [4.69, 9.17) is 14.9 Å². The summed E-state index contributed by atoms with van der Waals surface area (Å²) in [6.45, 7) is 5.22. The standard InChI is InChI=1S/C27H37N5O4/c1-17(30-27(34)29-3)14-20-15-24(35-4)25(36-5)16-23(20)26(28)19-6-8-22(9-7-19)32-12-10-21(11-13-32)31-18(2)33/h6-9,15-17,21,28H,10-14H2,1-5H3,(H,31,33)(H2,29,30,34). The van der Waals surface area contributed by atoms with Gasteiger partial charge >= 0.3 is 6.03 Å². The van der Waals surface area contributed by atoms with Crippen molar-refractivity contribution in [1.82, 2.24) is 16.0 Å². The highest BCUT2D eigenvalue weighted by molar-refractivity contribution is 6.12. The monoisotopic (exact) mass is 495 g/mol. The molecule has 2 aromatic rings. The molecule has 36 heavy (non-hydrogen) atoms. The first-order valence-corrected chi connectivity index (χ1v) is 12.2. The van der Waals surface area contributed by atoms with E-state index in [1.165, 1.54) is 0 Å². The predicted molar refractivity (Wildman–Crippen MR) is 142 cm³/mol. The van der Waals surface area contributed by atoms with Crippen LogP contribution in [0, 0.1) is 5.41 Å². The van der Waals surface area contributed by atoms with Gasteiger partial charge in [0.05, 0.1) is 19.9 Å². The Kier molecular flexibility index (Phi) is 9.16. The maximum Gasteiger partial charge on any atom is 0.314 e. The molecule has 1 aliphatic rings. The zero-order chi connectivity index (χ0) is 26.2. The van der Waals surface area contributed by atoms with Gasteiger partial charge in [-0.05, 0) is 56.0 Å². The summed E-state index contributed by atoms with van der Waals surface area (Å²) in [5.74, 6) is 1.14. The van der Waals surface area contributed by atoms with Gasteiger partial charge in [0.15, 0.2) is 11.5 Å². The number of methoxy groups -OCH3 is 2. The van der Waals surface area contributed by atoms with Crippen molar-refractivity contribution in [2.24, 2.45) is 0 Å². The Balaban J connectivity index is 1.80. The van der Waals surface area contributed by atoms with Crippen LogP contribution in [0.15, 0.2) is 36.4 Å². The molecule has 0 bridgehead atoms. The van der Waals surface area contributed by atoms with Gasteiger partial charge in [0.2, 0.25) is 5.91 Å². The Morgan fingerprint density at radius 3 is 2.25 bits per heavy atom. The molecule has 4 N–H and O–H groups in total. The van der Waals surface area contributed by atoms with Gasteiger partial charge in [0.25, 0.3) is 0 Å². The minimum absolute atomic E-state index is 0.0182. The van der Waals surface area contributed by atoms with Gasteiger partial charge < -0.3 is 30.3 Å². The zero-order valence-corrected chi connectivity index (χ0v) is 21.7. The Morgan fingerprint density at radius 2 is 1.69 bits per heavy atom. The van der Waals surface area contributed by atoms with E-state index >= 15 is 0 Å². The normalized spacial score (nSPS) is 14.5. The first-order chi connectivity index (χ1) is 17.2. The minimum atomic E-state index is -0.253. The molecule has 3 rings (SSSR count). The lowest BCUT2D eigenvalue weighted by Crippen LogP contribution is -2.44. The van der Waals surface area contributed by atoms with Crippen LogP contribution in [-0.2, 0) is 11.2 Å². The SMILES string of the molecule is CNC(=O)NC(C)Cc1cc(OC)c(OC)cc1C(=N)c1ccc(N2CCC(NC(C)=O)CC2)cc1. The molecule has 0 spiro atoms. The van der Waals surface area contributed by atoms with Gasteiger partial charge in [-0.1, -0.05) is 12.1 Å². The Morgan fingerprint density at radius 1 is 1.08 bits per heavy atom. The van der Waals surface area contributed by atoms with Crippen LogP contribution < -0.4 is 30.3 Å². The second-order valence-corrected chi connectivity index (χ2v) is 9.08. The van der Waals surface area contributed by atoms with Gasteiger partial charge in [0, 0.05) is 56.0 Å². The predicted octanol–water partition coefficient (Wildman–Crippen LogP) is 3.08. The summed E-state index contributed by atoms with van der Waals surface area (Å²) < 4.78 is 11.0. The number of ether oxygens (including phenoxy) is 2. The van der Waals surface area contributed by atoms with Gasteiger partial charge in [-0.25, -0.2) is 4.79 Å². The number of anilines is 1. The molecule has 1 heterocycles. The first-order valence-electron chi connectivity index (χ1n) is 12.2. The number of benzene rings is 2. The highest BCUT2D eigenvalue weighted by Gasteiger charge is 2.21. The van der Waals surface area contributed by atoms with Crippen molar-refractivity contribution >= 4 is 23.3 Å². The average Bonchev–Trinajstić information content (AvgIpc) is 2.88. The highest BCUT2D eigenvalue weighted by atomic mass is 16.5. The molecule has 1 fully saturated rings. The Bertz CT molecular complexity index is 1080. The smallest absolute Gasteiger partial charge is 0.314 e. The van der Waals surface area contributed by atoms with Crippen molar-refractivity contribution in [2.75, 3.05) is 39.3 Å². The van der Waals surface area contributed by atoms with Crippen molar-refractivity contribution in [2.45, 2.75) is 45.2 Å². The molecule has 9 nitrogen and oxygen atoms in total.